The van der Waals surface area contributed by atoms with Crippen molar-refractivity contribution in [2.24, 2.45) is 0 Å². The molecule has 1 amide bonds. The van der Waals surface area contributed by atoms with Crippen LogP contribution in [0.1, 0.15) is 33.2 Å². The molecule has 0 bridgehead atoms. The Labute approximate surface area is 171 Å². The number of nitro groups is 1. The zero-order valence-corrected chi connectivity index (χ0v) is 16.8. The lowest BCUT2D eigenvalue weighted by molar-refractivity contribution is -0.384. The van der Waals surface area contributed by atoms with Crippen molar-refractivity contribution in [3.8, 4) is 16.2 Å². The minimum absolute atomic E-state index is 0.0113. The van der Waals surface area contributed by atoms with E-state index in [1.54, 1.807) is 50.4 Å². The first kappa shape index (κ1) is 20.2. The molecule has 0 fully saturated rings. The number of thiophene rings is 1. The maximum absolute atomic E-state index is 12.6. The molecule has 0 atom stereocenters. The Hall–Kier alpha value is -3.52. The van der Waals surface area contributed by atoms with Gasteiger partial charge in [0, 0.05) is 22.6 Å². The fourth-order valence-electron chi connectivity index (χ4n) is 2.95. The van der Waals surface area contributed by atoms with Gasteiger partial charge in [0.1, 0.15) is 10.8 Å². The second-order valence-electron chi connectivity index (χ2n) is 6.30. The van der Waals surface area contributed by atoms with Crippen molar-refractivity contribution < 1.29 is 19.2 Å². The summed E-state index contributed by atoms with van der Waals surface area (Å²) in [5, 5.41) is 14.1. The van der Waals surface area contributed by atoms with Crippen LogP contribution in [0, 0.1) is 17.0 Å². The van der Waals surface area contributed by atoms with Gasteiger partial charge in [-0.1, -0.05) is 0 Å². The Morgan fingerprint density at radius 1 is 1.07 bits per heavy atom. The summed E-state index contributed by atoms with van der Waals surface area (Å²) in [6, 6.07) is 12.7. The summed E-state index contributed by atoms with van der Waals surface area (Å²) in [7, 11) is 1.54. The summed E-state index contributed by atoms with van der Waals surface area (Å²) in [4.78, 5) is 36.0. The summed E-state index contributed by atoms with van der Waals surface area (Å²) in [5.74, 6) is 0.127. The van der Waals surface area contributed by atoms with Gasteiger partial charge in [-0.05, 0) is 61.4 Å². The molecule has 8 heteroatoms. The number of carbonyl (C=O) groups is 2. The van der Waals surface area contributed by atoms with Crippen LogP contribution in [0.5, 0.6) is 5.75 Å². The van der Waals surface area contributed by atoms with E-state index in [-0.39, 0.29) is 17.4 Å². The number of rotatable bonds is 6. The lowest BCUT2D eigenvalue weighted by atomic mass is 10.0. The van der Waals surface area contributed by atoms with Crippen LogP contribution in [0.25, 0.3) is 10.4 Å². The number of hydrogen-bond acceptors (Lipinski definition) is 6. The first-order valence-electron chi connectivity index (χ1n) is 8.66. The standard InChI is InChI=1S/C21H18N2O5S/c1-12-18(13(2)24)21(22-20(25)15-6-10-17(28-3)11-7-15)29-19(12)14-4-8-16(9-5-14)23(26)27/h4-11H,1-3H3,(H,22,25). The number of benzene rings is 2. The Bertz CT molecular complexity index is 1090. The second-order valence-corrected chi connectivity index (χ2v) is 7.32. The molecule has 2 aromatic carbocycles. The lowest BCUT2D eigenvalue weighted by Crippen LogP contribution is -2.13. The van der Waals surface area contributed by atoms with Crippen LogP contribution in [-0.4, -0.2) is 23.7 Å². The van der Waals surface area contributed by atoms with Crippen molar-refractivity contribution >= 4 is 33.7 Å². The number of nitrogens with zero attached hydrogens (tertiary/aromatic N) is 1. The van der Waals surface area contributed by atoms with Gasteiger partial charge in [-0.15, -0.1) is 11.3 Å². The number of Topliss-reactive ketones (excluding diaryl/α,β-unsaturated/α-hetero) is 1. The average Bonchev–Trinajstić information content (AvgIpc) is 3.04. The molecule has 0 unspecified atom stereocenters. The van der Waals surface area contributed by atoms with E-state index in [1.165, 1.54) is 30.4 Å². The average molecular weight is 410 g/mol. The number of non-ortho nitro benzene ring substituents is 1. The van der Waals surface area contributed by atoms with E-state index in [1.807, 2.05) is 0 Å². The molecule has 0 radical (unpaired) electrons. The van der Waals surface area contributed by atoms with Crippen molar-refractivity contribution in [1.29, 1.82) is 0 Å². The molecule has 0 spiro atoms. The Balaban J connectivity index is 1.96. The van der Waals surface area contributed by atoms with E-state index < -0.39 is 4.92 Å². The summed E-state index contributed by atoms with van der Waals surface area (Å²) < 4.78 is 5.09. The lowest BCUT2D eigenvalue weighted by Gasteiger charge is -2.06. The maximum atomic E-state index is 12.6. The van der Waals surface area contributed by atoms with Crippen molar-refractivity contribution in [2.45, 2.75) is 13.8 Å². The minimum atomic E-state index is -0.466. The highest BCUT2D eigenvalue weighted by atomic mass is 32.1. The first-order valence-corrected chi connectivity index (χ1v) is 9.48. The van der Waals surface area contributed by atoms with Gasteiger partial charge in [0.2, 0.25) is 0 Å². The van der Waals surface area contributed by atoms with Crippen LogP contribution < -0.4 is 10.1 Å². The topological polar surface area (TPSA) is 98.5 Å². The number of amides is 1. The van der Waals surface area contributed by atoms with Gasteiger partial charge >= 0.3 is 0 Å². The fourth-order valence-corrected chi connectivity index (χ4v) is 4.21. The van der Waals surface area contributed by atoms with Crippen LogP contribution in [-0.2, 0) is 0 Å². The zero-order valence-electron chi connectivity index (χ0n) is 16.0. The quantitative estimate of drug-likeness (QED) is 0.346. The summed E-state index contributed by atoms with van der Waals surface area (Å²) >= 11 is 1.27. The molecule has 0 saturated carbocycles. The molecule has 0 aliphatic carbocycles. The summed E-state index contributed by atoms with van der Waals surface area (Å²) in [6.45, 7) is 3.24. The fraction of sp³-hybridized carbons (Fsp3) is 0.143. The molecule has 29 heavy (non-hydrogen) atoms. The number of ether oxygens (including phenoxy) is 1. The third-order valence-electron chi connectivity index (χ3n) is 4.42. The van der Waals surface area contributed by atoms with Crippen molar-refractivity contribution in [3.05, 3.63) is 75.3 Å². The molecule has 148 valence electrons. The highest BCUT2D eigenvalue weighted by Crippen LogP contribution is 2.40. The van der Waals surface area contributed by atoms with Crippen LogP contribution in [0.15, 0.2) is 48.5 Å². The second kappa shape index (κ2) is 8.24. The van der Waals surface area contributed by atoms with Crippen molar-refractivity contribution in [3.63, 3.8) is 0 Å². The Kier molecular flexibility index (Phi) is 5.74. The number of hydrogen-bond donors (Lipinski definition) is 1. The largest absolute Gasteiger partial charge is 0.497 e. The molecule has 1 N–H and O–H groups in total. The van der Waals surface area contributed by atoms with Gasteiger partial charge in [-0.25, -0.2) is 0 Å². The van der Waals surface area contributed by atoms with Crippen LogP contribution >= 0.6 is 11.3 Å². The smallest absolute Gasteiger partial charge is 0.269 e. The molecule has 3 aromatic rings. The van der Waals surface area contributed by atoms with E-state index in [0.717, 1.165) is 16.0 Å². The van der Waals surface area contributed by atoms with Crippen molar-refractivity contribution in [2.75, 3.05) is 12.4 Å². The van der Waals surface area contributed by atoms with Gasteiger partial charge in [-0.3, -0.25) is 19.7 Å². The Morgan fingerprint density at radius 3 is 2.21 bits per heavy atom. The SMILES string of the molecule is COc1ccc(C(=O)Nc2sc(-c3ccc([N+](=O)[O-])cc3)c(C)c2C(C)=O)cc1. The third-order valence-corrected chi connectivity index (χ3v) is 5.67. The van der Waals surface area contributed by atoms with Gasteiger partial charge in [0.15, 0.2) is 5.78 Å². The molecule has 7 nitrogen and oxygen atoms in total. The van der Waals surface area contributed by atoms with Crippen LogP contribution in [0.4, 0.5) is 10.7 Å². The number of methoxy groups -OCH3 is 1. The highest BCUT2D eigenvalue weighted by Gasteiger charge is 2.22. The third kappa shape index (κ3) is 4.17. The van der Waals surface area contributed by atoms with Gasteiger partial charge in [0.25, 0.3) is 11.6 Å². The molecular weight excluding hydrogens is 392 g/mol. The van der Waals surface area contributed by atoms with Crippen LogP contribution in [0.2, 0.25) is 0 Å². The van der Waals surface area contributed by atoms with Crippen molar-refractivity contribution in [1.82, 2.24) is 0 Å². The Morgan fingerprint density at radius 2 is 1.69 bits per heavy atom. The van der Waals surface area contributed by atoms with Gasteiger partial charge in [-0.2, -0.15) is 0 Å². The molecule has 1 aromatic heterocycles. The normalized spacial score (nSPS) is 10.4. The number of nitrogens with one attached hydrogen (secondary N) is 1. The molecule has 0 aliphatic heterocycles. The molecule has 1 heterocycles. The van der Waals surface area contributed by atoms with E-state index in [4.69, 9.17) is 4.74 Å². The predicted molar refractivity (Wildman–Crippen MR) is 112 cm³/mol. The van der Waals surface area contributed by atoms with E-state index in [0.29, 0.717) is 21.9 Å². The number of ketones is 1. The first-order chi connectivity index (χ1) is 13.8. The van der Waals surface area contributed by atoms with Gasteiger partial charge in [0.05, 0.1) is 17.6 Å². The van der Waals surface area contributed by atoms with Gasteiger partial charge < -0.3 is 10.1 Å². The van der Waals surface area contributed by atoms with E-state index >= 15 is 0 Å². The number of nitro benzene ring substituents is 1. The number of carbonyl (C=O) groups excluding carboxylic acids is 2. The molecule has 3 rings (SSSR count). The molecule has 0 aliphatic rings. The van der Waals surface area contributed by atoms with Crippen LogP contribution in [0.3, 0.4) is 0 Å². The monoisotopic (exact) mass is 410 g/mol. The number of anilines is 1. The minimum Gasteiger partial charge on any atom is -0.497 e. The molecule has 0 saturated heterocycles. The predicted octanol–water partition coefficient (Wildman–Crippen LogP) is 5.10. The summed E-state index contributed by atoms with van der Waals surface area (Å²) in [5.41, 5.74) is 2.32. The summed E-state index contributed by atoms with van der Waals surface area (Å²) in [6.07, 6.45) is 0. The maximum Gasteiger partial charge on any atom is 0.269 e. The van der Waals surface area contributed by atoms with E-state index in [2.05, 4.69) is 5.32 Å². The highest BCUT2D eigenvalue weighted by molar-refractivity contribution is 7.20. The zero-order chi connectivity index (χ0) is 21.1. The molecular formula is C21H18N2O5S. The van der Waals surface area contributed by atoms with E-state index in [9.17, 15) is 19.7 Å².